The van der Waals surface area contributed by atoms with Crippen LogP contribution in [0.25, 0.3) is 0 Å². The van der Waals surface area contributed by atoms with Crippen LogP contribution in [0.4, 0.5) is 4.79 Å². The first kappa shape index (κ1) is 24.6. The molecule has 1 aliphatic carbocycles. The van der Waals surface area contributed by atoms with E-state index in [2.05, 4.69) is 26.1 Å². The Morgan fingerprint density at radius 3 is 2.35 bits per heavy atom. The van der Waals surface area contributed by atoms with E-state index in [1.807, 2.05) is 29.2 Å². The zero-order valence-electron chi connectivity index (χ0n) is 21.1. The Kier molecular flexibility index (Phi) is 6.92. The molecule has 7 nitrogen and oxygen atoms in total. The highest BCUT2D eigenvalue weighted by atomic mass is 16.5. The molecule has 1 aromatic rings. The van der Waals surface area contributed by atoms with Crippen molar-refractivity contribution in [1.29, 1.82) is 0 Å². The van der Waals surface area contributed by atoms with Gasteiger partial charge in [0.1, 0.15) is 17.8 Å². The average Bonchev–Trinajstić information content (AvgIpc) is 2.98. The molecule has 1 aromatic carbocycles. The number of rotatable bonds is 4. The summed E-state index contributed by atoms with van der Waals surface area (Å²) in [5.74, 6) is 0.919. The van der Waals surface area contributed by atoms with Crippen molar-refractivity contribution in [3.63, 3.8) is 0 Å². The van der Waals surface area contributed by atoms with Gasteiger partial charge in [-0.05, 0) is 67.6 Å². The van der Waals surface area contributed by atoms with Gasteiger partial charge < -0.3 is 15.0 Å². The Morgan fingerprint density at radius 2 is 1.74 bits per heavy atom. The zero-order chi connectivity index (χ0) is 24.5. The molecule has 4 amide bonds. The van der Waals surface area contributed by atoms with Crippen molar-refractivity contribution in [2.24, 2.45) is 11.3 Å². The largest absolute Gasteiger partial charge is 0.497 e. The lowest BCUT2D eigenvalue weighted by atomic mass is 9.67. The molecule has 186 valence electrons. The van der Waals surface area contributed by atoms with Crippen LogP contribution in [0, 0.1) is 11.3 Å². The maximum atomic E-state index is 13.5. The third kappa shape index (κ3) is 4.80. The van der Waals surface area contributed by atoms with Gasteiger partial charge in [-0.15, -0.1) is 0 Å². The summed E-state index contributed by atoms with van der Waals surface area (Å²) in [6.45, 7) is 7.14. The van der Waals surface area contributed by atoms with E-state index in [0.717, 1.165) is 54.7 Å². The summed E-state index contributed by atoms with van der Waals surface area (Å²) in [6, 6.07) is 7.36. The van der Waals surface area contributed by atoms with Gasteiger partial charge in [0.25, 0.3) is 5.91 Å². The van der Waals surface area contributed by atoms with E-state index in [0.29, 0.717) is 25.3 Å². The minimum Gasteiger partial charge on any atom is -0.497 e. The van der Waals surface area contributed by atoms with E-state index in [1.54, 1.807) is 7.11 Å². The Morgan fingerprint density at radius 1 is 1.06 bits per heavy atom. The second-order valence-corrected chi connectivity index (χ2v) is 11.3. The summed E-state index contributed by atoms with van der Waals surface area (Å²) in [6.07, 6.45) is 7.00. The van der Waals surface area contributed by atoms with Crippen LogP contribution in [-0.4, -0.2) is 53.4 Å². The predicted molar refractivity (Wildman–Crippen MR) is 130 cm³/mol. The molecule has 1 spiro atoms. The molecule has 1 N–H and O–H groups in total. The molecule has 3 fully saturated rings. The monoisotopic (exact) mass is 469 g/mol. The fraction of sp³-hybridized carbons (Fsp3) is 0.667. The van der Waals surface area contributed by atoms with Crippen LogP contribution in [0.1, 0.15) is 83.7 Å². The van der Waals surface area contributed by atoms with Crippen LogP contribution in [0.3, 0.4) is 0 Å². The molecule has 1 unspecified atom stereocenters. The van der Waals surface area contributed by atoms with Crippen molar-refractivity contribution in [1.82, 2.24) is 15.1 Å². The highest BCUT2D eigenvalue weighted by Crippen LogP contribution is 2.43. The minimum absolute atomic E-state index is 0.0575. The molecule has 0 bridgehead atoms. The summed E-state index contributed by atoms with van der Waals surface area (Å²) >= 11 is 0. The maximum absolute atomic E-state index is 13.5. The smallest absolute Gasteiger partial charge is 0.325 e. The summed E-state index contributed by atoms with van der Waals surface area (Å²) in [4.78, 5) is 42.8. The van der Waals surface area contributed by atoms with Gasteiger partial charge in [-0.2, -0.15) is 0 Å². The van der Waals surface area contributed by atoms with E-state index in [1.165, 1.54) is 0 Å². The normalized spacial score (nSPS) is 28.1. The number of urea groups is 1. The number of likely N-dealkylation sites (tertiary alicyclic amines) is 1. The number of imide groups is 1. The lowest BCUT2D eigenvalue weighted by Gasteiger charge is -2.40. The van der Waals surface area contributed by atoms with Gasteiger partial charge >= 0.3 is 6.03 Å². The molecule has 7 heteroatoms. The van der Waals surface area contributed by atoms with Gasteiger partial charge in [-0.1, -0.05) is 45.7 Å². The molecule has 0 aromatic heterocycles. The molecule has 2 aliphatic heterocycles. The second kappa shape index (κ2) is 9.59. The van der Waals surface area contributed by atoms with Gasteiger partial charge in [-0.25, -0.2) is 4.79 Å². The minimum atomic E-state index is -0.840. The van der Waals surface area contributed by atoms with Crippen LogP contribution >= 0.6 is 0 Å². The number of nitrogens with zero attached hydrogens (tertiary/aromatic N) is 2. The number of hydrogen-bond donors (Lipinski definition) is 1. The Hall–Kier alpha value is -2.57. The van der Waals surface area contributed by atoms with E-state index in [9.17, 15) is 14.4 Å². The van der Waals surface area contributed by atoms with Crippen LogP contribution in [0.5, 0.6) is 5.75 Å². The zero-order valence-corrected chi connectivity index (χ0v) is 21.1. The maximum Gasteiger partial charge on any atom is 0.325 e. The molecule has 0 radical (unpaired) electrons. The summed E-state index contributed by atoms with van der Waals surface area (Å²) in [5.41, 5.74) is 0.407. The first-order valence-electron chi connectivity index (χ1n) is 12.7. The van der Waals surface area contributed by atoms with E-state index in [-0.39, 0.29) is 29.8 Å². The number of nitrogens with one attached hydrogen (secondary N) is 1. The lowest BCUT2D eigenvalue weighted by Crippen LogP contribution is -2.51. The van der Waals surface area contributed by atoms with Crippen LogP contribution in [-0.2, 0) is 9.59 Å². The highest BCUT2D eigenvalue weighted by molar-refractivity contribution is 6.09. The first-order chi connectivity index (χ1) is 16.1. The Labute approximate surface area is 203 Å². The van der Waals surface area contributed by atoms with Crippen molar-refractivity contribution >= 4 is 17.8 Å². The quantitative estimate of drug-likeness (QED) is 0.650. The number of amides is 4. The molecular weight excluding hydrogens is 430 g/mol. The lowest BCUT2D eigenvalue weighted by molar-refractivity contribution is -0.141. The fourth-order valence-electron chi connectivity index (χ4n) is 5.94. The van der Waals surface area contributed by atoms with Gasteiger partial charge in [0.05, 0.1) is 13.2 Å². The Balaban J connectivity index is 1.47. The molecule has 1 atom stereocenters. The van der Waals surface area contributed by atoms with E-state index < -0.39 is 11.6 Å². The second-order valence-electron chi connectivity index (χ2n) is 11.3. The molecule has 34 heavy (non-hydrogen) atoms. The number of carbonyl (C=O) groups is 3. The van der Waals surface area contributed by atoms with E-state index in [4.69, 9.17) is 4.74 Å². The Bertz CT molecular complexity index is 913. The number of benzene rings is 1. The van der Waals surface area contributed by atoms with Crippen molar-refractivity contribution < 1.29 is 19.1 Å². The van der Waals surface area contributed by atoms with Gasteiger partial charge in [0.2, 0.25) is 5.91 Å². The third-order valence-corrected chi connectivity index (χ3v) is 8.18. The summed E-state index contributed by atoms with van der Waals surface area (Å²) in [5, 5.41) is 2.97. The first-order valence-corrected chi connectivity index (χ1v) is 12.7. The highest BCUT2D eigenvalue weighted by Gasteiger charge is 2.53. The summed E-state index contributed by atoms with van der Waals surface area (Å²) in [7, 11) is 1.64. The average molecular weight is 470 g/mol. The number of carbonyl (C=O) groups excluding carboxylic acids is 3. The van der Waals surface area contributed by atoms with Crippen LogP contribution in [0.2, 0.25) is 0 Å². The molecule has 2 saturated heterocycles. The molecule has 4 rings (SSSR count). The van der Waals surface area contributed by atoms with Crippen molar-refractivity contribution in [3.05, 3.63) is 29.8 Å². The third-order valence-electron chi connectivity index (χ3n) is 8.18. The van der Waals surface area contributed by atoms with Gasteiger partial charge in [0, 0.05) is 6.54 Å². The summed E-state index contributed by atoms with van der Waals surface area (Å²) < 4.78 is 5.28. The van der Waals surface area contributed by atoms with Crippen molar-refractivity contribution in [2.75, 3.05) is 20.2 Å². The number of hydrogen-bond acceptors (Lipinski definition) is 4. The predicted octanol–water partition coefficient (Wildman–Crippen LogP) is 4.67. The van der Waals surface area contributed by atoms with Crippen molar-refractivity contribution in [3.8, 4) is 5.75 Å². The van der Waals surface area contributed by atoms with E-state index >= 15 is 0 Å². The molecule has 2 heterocycles. The molecule has 3 aliphatic rings. The van der Waals surface area contributed by atoms with Crippen molar-refractivity contribution in [2.45, 2.75) is 83.7 Å². The van der Waals surface area contributed by atoms with Gasteiger partial charge in [0.15, 0.2) is 0 Å². The molecular formula is C27H39N3O4. The van der Waals surface area contributed by atoms with Crippen LogP contribution < -0.4 is 10.1 Å². The number of methoxy groups -OCH3 is 1. The molecule has 1 saturated carbocycles. The number of ether oxygens (including phenoxy) is 1. The topological polar surface area (TPSA) is 79.0 Å². The SMILES string of the molecule is COc1ccc(C2CCCCCN2C(=O)CN2C(=O)NC3(CCC(C(C)(C)C)CC3)C2=O)cc1. The fourth-order valence-corrected chi connectivity index (χ4v) is 5.94. The standard InChI is InChI=1S/C27H39N3O4/c1-26(2,3)20-13-15-27(16-14-20)24(32)30(25(33)28-27)18-23(31)29-17-7-5-6-8-22(29)19-9-11-21(34-4)12-10-19/h9-12,20,22H,5-8,13-18H2,1-4H3,(H,28,33). The van der Waals surface area contributed by atoms with Crippen LogP contribution in [0.15, 0.2) is 24.3 Å². The van der Waals surface area contributed by atoms with Gasteiger partial charge in [-0.3, -0.25) is 14.5 Å².